The van der Waals surface area contributed by atoms with Crippen molar-refractivity contribution in [2.24, 2.45) is 0 Å². The van der Waals surface area contributed by atoms with Gasteiger partial charge in [0.2, 0.25) is 10.0 Å². The van der Waals surface area contributed by atoms with Gasteiger partial charge in [-0.3, -0.25) is 9.52 Å². The lowest BCUT2D eigenvalue weighted by Crippen LogP contribution is -2.38. The molecule has 2 saturated heterocycles. The monoisotopic (exact) mass is 661 g/mol. The largest absolute Gasteiger partial charge is 0.465 e. The number of hydrogen-bond donors (Lipinski definition) is 1. The maximum Gasteiger partial charge on any atom is 0.416 e. The first kappa shape index (κ1) is 32.1. The molecule has 0 radical (unpaired) electrons. The van der Waals surface area contributed by atoms with E-state index in [-0.39, 0.29) is 36.3 Å². The van der Waals surface area contributed by atoms with Crippen LogP contribution in [-0.2, 0) is 36.8 Å². The molecule has 1 N–H and O–H groups in total. The number of hydrogen-bond acceptors (Lipinski definition) is 8. The van der Waals surface area contributed by atoms with Crippen molar-refractivity contribution < 1.29 is 45.3 Å². The van der Waals surface area contributed by atoms with Gasteiger partial charge in [-0.25, -0.2) is 8.42 Å². The summed E-state index contributed by atoms with van der Waals surface area (Å²) in [6.45, 7) is 1.84. The molecular formula is C32H34F3N3O7S. The van der Waals surface area contributed by atoms with Crippen molar-refractivity contribution in [3.05, 3.63) is 71.3 Å². The van der Waals surface area contributed by atoms with E-state index in [4.69, 9.17) is 18.9 Å². The molecule has 3 aliphatic heterocycles. The number of amides is 1. The average Bonchev–Trinajstić information content (AvgIpc) is 3.64. The number of anilines is 3. The zero-order chi connectivity index (χ0) is 32.6. The van der Waals surface area contributed by atoms with E-state index >= 15 is 0 Å². The summed E-state index contributed by atoms with van der Waals surface area (Å²) < 4.78 is 89.3. The second kappa shape index (κ2) is 12.7. The summed E-state index contributed by atoms with van der Waals surface area (Å²) >= 11 is 0. The Bertz CT molecular complexity index is 1730. The predicted octanol–water partition coefficient (Wildman–Crippen LogP) is 4.92. The van der Waals surface area contributed by atoms with Crippen LogP contribution in [0.2, 0.25) is 0 Å². The minimum Gasteiger partial charge on any atom is -0.465 e. The topological polar surface area (TPSA) is 107 Å². The van der Waals surface area contributed by atoms with Gasteiger partial charge < -0.3 is 28.7 Å². The third-order valence-corrected chi connectivity index (χ3v) is 8.92. The molecule has 2 bridgehead atoms. The number of benzene rings is 3. The van der Waals surface area contributed by atoms with Gasteiger partial charge in [-0.2, -0.15) is 13.2 Å². The van der Waals surface area contributed by atoms with E-state index in [0.29, 0.717) is 61.8 Å². The van der Waals surface area contributed by atoms with Gasteiger partial charge in [0.25, 0.3) is 5.91 Å². The van der Waals surface area contributed by atoms with Gasteiger partial charge in [0.1, 0.15) is 5.75 Å². The Morgan fingerprint density at radius 2 is 1.85 bits per heavy atom. The first-order valence-corrected chi connectivity index (χ1v) is 16.7. The Morgan fingerprint density at radius 3 is 2.54 bits per heavy atom. The minimum atomic E-state index is -4.48. The van der Waals surface area contributed by atoms with E-state index in [2.05, 4.69) is 4.72 Å². The molecule has 0 aliphatic carbocycles. The highest BCUT2D eigenvalue weighted by atomic mass is 32.2. The molecule has 2 fully saturated rings. The van der Waals surface area contributed by atoms with E-state index in [9.17, 15) is 26.4 Å². The summed E-state index contributed by atoms with van der Waals surface area (Å²) in [5.74, 6) is -0.0532. The number of alkyl halides is 3. The maximum atomic E-state index is 13.7. The van der Waals surface area contributed by atoms with Crippen molar-refractivity contribution in [1.82, 2.24) is 0 Å². The Kier molecular flexibility index (Phi) is 8.89. The second-order valence-corrected chi connectivity index (χ2v) is 13.3. The van der Waals surface area contributed by atoms with Gasteiger partial charge in [0.05, 0.1) is 49.5 Å². The van der Waals surface area contributed by atoms with Crippen LogP contribution in [-0.4, -0.2) is 79.5 Å². The molecule has 3 heterocycles. The van der Waals surface area contributed by atoms with Crippen LogP contribution >= 0.6 is 0 Å². The predicted molar refractivity (Wildman–Crippen MR) is 166 cm³/mol. The SMILES string of the molecule is COCCOCOc1ccc(N2CCc3cc(-c4ccc(C(F)(F)F)cc4N4C[C@@H]5C[C@H]4CO5)ccc3C2=O)cc1NS(C)(=O)=O. The molecule has 3 aromatic carbocycles. The molecule has 0 aromatic heterocycles. The Balaban J connectivity index is 1.27. The summed E-state index contributed by atoms with van der Waals surface area (Å²) in [6, 6.07) is 13.9. The van der Waals surface area contributed by atoms with E-state index < -0.39 is 21.8 Å². The Labute approximate surface area is 265 Å². The summed E-state index contributed by atoms with van der Waals surface area (Å²) in [6.07, 6.45) is -2.20. The lowest BCUT2D eigenvalue weighted by Gasteiger charge is -2.32. The number of morpholine rings is 1. The zero-order valence-corrected chi connectivity index (χ0v) is 26.1. The molecular weight excluding hydrogens is 627 g/mol. The molecule has 46 heavy (non-hydrogen) atoms. The normalized spacial score (nSPS) is 19.5. The van der Waals surface area contributed by atoms with Crippen LogP contribution in [0.5, 0.6) is 5.75 Å². The van der Waals surface area contributed by atoms with Crippen molar-refractivity contribution in [1.29, 1.82) is 0 Å². The summed E-state index contributed by atoms with van der Waals surface area (Å²) in [4.78, 5) is 17.3. The van der Waals surface area contributed by atoms with Crippen LogP contribution in [0.25, 0.3) is 11.1 Å². The number of sulfonamides is 1. The number of methoxy groups -OCH3 is 1. The van der Waals surface area contributed by atoms with Gasteiger partial charge in [-0.15, -0.1) is 0 Å². The van der Waals surface area contributed by atoms with E-state index in [1.54, 1.807) is 36.3 Å². The van der Waals surface area contributed by atoms with Crippen LogP contribution in [0.15, 0.2) is 54.6 Å². The number of rotatable bonds is 11. The molecule has 14 heteroatoms. The number of carbonyl (C=O) groups excluding carboxylic acids is 1. The quantitative estimate of drug-likeness (QED) is 0.228. The van der Waals surface area contributed by atoms with Crippen molar-refractivity contribution >= 4 is 33.0 Å². The average molecular weight is 662 g/mol. The van der Waals surface area contributed by atoms with Crippen molar-refractivity contribution in [3.63, 3.8) is 0 Å². The van der Waals surface area contributed by atoms with Crippen molar-refractivity contribution in [2.75, 3.05) is 67.6 Å². The molecule has 3 aromatic rings. The molecule has 3 aliphatic rings. The van der Waals surface area contributed by atoms with Crippen LogP contribution in [0.1, 0.15) is 27.9 Å². The molecule has 246 valence electrons. The molecule has 0 spiro atoms. The molecule has 0 saturated carbocycles. The fourth-order valence-electron chi connectivity index (χ4n) is 6.18. The number of ether oxygens (including phenoxy) is 4. The molecule has 10 nitrogen and oxygen atoms in total. The first-order valence-electron chi connectivity index (χ1n) is 14.8. The van der Waals surface area contributed by atoms with Gasteiger partial charge >= 0.3 is 6.18 Å². The fraction of sp³-hybridized carbons (Fsp3) is 0.406. The minimum absolute atomic E-state index is 0.00235. The third kappa shape index (κ3) is 6.80. The third-order valence-electron chi connectivity index (χ3n) is 8.33. The summed E-state index contributed by atoms with van der Waals surface area (Å²) in [7, 11) is -2.13. The fourth-order valence-corrected chi connectivity index (χ4v) is 6.74. The second-order valence-electron chi connectivity index (χ2n) is 11.5. The lowest BCUT2D eigenvalue weighted by atomic mass is 9.92. The van der Waals surface area contributed by atoms with Gasteiger partial charge in [-0.05, 0) is 60.4 Å². The van der Waals surface area contributed by atoms with Gasteiger partial charge in [0, 0.05) is 42.7 Å². The maximum absolute atomic E-state index is 13.7. The lowest BCUT2D eigenvalue weighted by molar-refractivity contribution is -0.137. The van der Waals surface area contributed by atoms with Gasteiger partial charge in [-0.1, -0.05) is 18.2 Å². The van der Waals surface area contributed by atoms with Gasteiger partial charge in [0.15, 0.2) is 6.79 Å². The first-order chi connectivity index (χ1) is 21.9. The van der Waals surface area contributed by atoms with E-state index in [1.165, 1.54) is 18.2 Å². The summed E-state index contributed by atoms with van der Waals surface area (Å²) in [5, 5.41) is 0. The Hall–Kier alpha value is -3.85. The van der Waals surface area contributed by atoms with Crippen molar-refractivity contribution in [2.45, 2.75) is 31.2 Å². The van der Waals surface area contributed by atoms with Crippen molar-refractivity contribution in [3.8, 4) is 16.9 Å². The zero-order valence-electron chi connectivity index (χ0n) is 25.3. The number of nitrogens with one attached hydrogen (secondary N) is 1. The molecule has 2 atom stereocenters. The van der Waals surface area contributed by atoms with Crippen LogP contribution in [0.4, 0.5) is 30.2 Å². The standard InChI is InChI=1S/C32H34F3N3O7S/c1-42-11-12-43-19-45-30-8-5-23(16-28(30)36-46(2,40)41)37-10-9-21-13-20(3-6-27(21)31(37)39)26-7-4-22(32(33,34)35)14-29(26)38-17-25-15-24(38)18-44-25/h3-8,13-14,16,24-25,36H,9-12,15,17-19H2,1-2H3/t24-,25-/m0/s1. The Morgan fingerprint density at radius 1 is 1.04 bits per heavy atom. The summed E-state index contributed by atoms with van der Waals surface area (Å²) in [5.41, 5.74) is 3.04. The molecule has 6 rings (SSSR count). The number of fused-ring (bicyclic) bond motifs is 3. The van der Waals surface area contributed by atoms with Crippen LogP contribution in [0.3, 0.4) is 0 Å². The smallest absolute Gasteiger partial charge is 0.416 e. The van der Waals surface area contributed by atoms with E-state index in [0.717, 1.165) is 29.9 Å². The molecule has 0 unspecified atom stereocenters. The number of halogens is 3. The van der Waals surface area contributed by atoms with E-state index in [1.807, 2.05) is 11.0 Å². The number of nitrogens with zero attached hydrogens (tertiary/aromatic N) is 2. The van der Waals surface area contributed by atoms with Crippen LogP contribution < -0.4 is 19.3 Å². The molecule has 1 amide bonds. The van der Waals surface area contributed by atoms with Crippen LogP contribution in [0, 0.1) is 0 Å². The highest BCUT2D eigenvalue weighted by Gasteiger charge is 2.41. The highest BCUT2D eigenvalue weighted by molar-refractivity contribution is 7.92. The highest BCUT2D eigenvalue weighted by Crippen LogP contribution is 2.43. The number of carbonyl (C=O) groups is 1.